The third-order valence-corrected chi connectivity index (χ3v) is 5.96. The Labute approximate surface area is 206 Å². The molecule has 0 saturated heterocycles. The highest BCUT2D eigenvalue weighted by Gasteiger charge is 2.34. The molecule has 7 nitrogen and oxygen atoms in total. The Bertz CT molecular complexity index is 1100. The number of hydrogen-bond acceptors (Lipinski definition) is 4. The van der Waals surface area contributed by atoms with Crippen molar-refractivity contribution >= 4 is 40.7 Å². The van der Waals surface area contributed by atoms with Crippen molar-refractivity contribution in [2.45, 2.75) is 53.2 Å². The molecule has 0 fully saturated rings. The van der Waals surface area contributed by atoms with E-state index in [1.165, 1.54) is 0 Å². The zero-order valence-electron chi connectivity index (χ0n) is 20.3. The quantitative estimate of drug-likeness (QED) is 0.365. The summed E-state index contributed by atoms with van der Waals surface area (Å²) in [6, 6.07) is 14.3. The molecule has 0 spiro atoms. The van der Waals surface area contributed by atoms with E-state index in [0.717, 1.165) is 28.9 Å². The standard InChI is InChI=1S/C26H32N4O3S/c1-6-18-10-8-9-11-21(18)28-25(32)27-20-14-12-19(13-15-20)23-22(24(31)33-16(3)4)17(5)30(7-2)26(34)29-23/h8-16,23H,6-7H2,1-5H3,(H,29,34)(H2,27,28,32). The molecule has 180 valence electrons. The van der Waals surface area contributed by atoms with Crippen LogP contribution in [0.4, 0.5) is 16.2 Å². The Morgan fingerprint density at radius 1 is 1.09 bits per heavy atom. The van der Waals surface area contributed by atoms with E-state index in [9.17, 15) is 9.59 Å². The van der Waals surface area contributed by atoms with E-state index in [1.54, 1.807) is 12.1 Å². The van der Waals surface area contributed by atoms with Gasteiger partial charge in [0.05, 0.1) is 17.7 Å². The third kappa shape index (κ3) is 5.75. The minimum atomic E-state index is -0.444. The number of para-hydroxylation sites is 1. The molecule has 0 aliphatic carbocycles. The van der Waals surface area contributed by atoms with Gasteiger partial charge in [0.15, 0.2) is 5.11 Å². The average molecular weight is 481 g/mol. The number of ether oxygens (including phenoxy) is 1. The molecule has 34 heavy (non-hydrogen) atoms. The van der Waals surface area contributed by atoms with E-state index in [-0.39, 0.29) is 18.1 Å². The Morgan fingerprint density at radius 3 is 2.38 bits per heavy atom. The number of aryl methyl sites for hydroxylation is 1. The van der Waals surface area contributed by atoms with Crippen LogP contribution in [0.5, 0.6) is 0 Å². The molecule has 1 heterocycles. The molecule has 0 radical (unpaired) electrons. The van der Waals surface area contributed by atoms with Gasteiger partial charge in [0.1, 0.15) is 0 Å². The van der Waals surface area contributed by atoms with Crippen molar-refractivity contribution in [2.24, 2.45) is 0 Å². The van der Waals surface area contributed by atoms with Gasteiger partial charge in [-0.3, -0.25) is 0 Å². The van der Waals surface area contributed by atoms with Crippen LogP contribution in [0.15, 0.2) is 59.8 Å². The van der Waals surface area contributed by atoms with Crippen molar-refractivity contribution in [2.75, 3.05) is 17.2 Å². The number of nitrogens with one attached hydrogen (secondary N) is 3. The van der Waals surface area contributed by atoms with Gasteiger partial charge in [-0.2, -0.15) is 0 Å². The maximum absolute atomic E-state index is 13.0. The van der Waals surface area contributed by atoms with E-state index in [4.69, 9.17) is 17.0 Å². The van der Waals surface area contributed by atoms with Crippen LogP contribution in [0.25, 0.3) is 0 Å². The summed E-state index contributed by atoms with van der Waals surface area (Å²) in [6.45, 7) is 10.2. The second-order valence-electron chi connectivity index (χ2n) is 8.29. The van der Waals surface area contributed by atoms with E-state index in [2.05, 4.69) is 16.0 Å². The number of nitrogens with zero attached hydrogens (tertiary/aromatic N) is 1. The maximum atomic E-state index is 13.0. The second-order valence-corrected chi connectivity index (χ2v) is 8.68. The lowest BCUT2D eigenvalue weighted by atomic mass is 9.94. The van der Waals surface area contributed by atoms with Crippen molar-refractivity contribution in [3.63, 3.8) is 0 Å². The molecule has 3 N–H and O–H groups in total. The fourth-order valence-corrected chi connectivity index (χ4v) is 4.33. The summed E-state index contributed by atoms with van der Waals surface area (Å²) in [5.74, 6) is -0.373. The number of rotatable bonds is 7. The molecule has 2 aromatic carbocycles. The summed E-state index contributed by atoms with van der Waals surface area (Å²) in [7, 11) is 0. The molecule has 0 aromatic heterocycles. The number of allylic oxidation sites excluding steroid dienone is 1. The van der Waals surface area contributed by atoms with Crippen LogP contribution < -0.4 is 16.0 Å². The summed E-state index contributed by atoms with van der Waals surface area (Å²) in [5, 5.41) is 9.59. The summed E-state index contributed by atoms with van der Waals surface area (Å²) < 4.78 is 5.52. The molecule has 1 atom stereocenters. The zero-order chi connectivity index (χ0) is 24.8. The van der Waals surface area contributed by atoms with Crippen LogP contribution in [-0.4, -0.2) is 34.7 Å². The van der Waals surface area contributed by atoms with Gasteiger partial charge in [0, 0.05) is 23.6 Å². The molecule has 0 bridgehead atoms. The summed E-state index contributed by atoms with van der Waals surface area (Å²) >= 11 is 5.54. The number of carbonyl (C=O) groups excluding carboxylic acids is 2. The first kappa shape index (κ1) is 25.2. The summed E-state index contributed by atoms with van der Waals surface area (Å²) in [4.78, 5) is 27.3. The smallest absolute Gasteiger partial charge is 0.338 e. The van der Waals surface area contributed by atoms with Crippen LogP contribution in [0.3, 0.4) is 0 Å². The molecule has 2 amide bonds. The molecular formula is C26H32N4O3S. The van der Waals surface area contributed by atoms with Gasteiger partial charge in [0.2, 0.25) is 0 Å². The van der Waals surface area contributed by atoms with Crippen molar-refractivity contribution in [1.82, 2.24) is 10.2 Å². The van der Waals surface area contributed by atoms with Crippen LogP contribution in [-0.2, 0) is 16.0 Å². The zero-order valence-corrected chi connectivity index (χ0v) is 21.1. The number of thiocarbonyl (C=S) groups is 1. The average Bonchev–Trinajstić information content (AvgIpc) is 2.79. The van der Waals surface area contributed by atoms with Crippen molar-refractivity contribution < 1.29 is 14.3 Å². The van der Waals surface area contributed by atoms with Gasteiger partial charge in [-0.15, -0.1) is 0 Å². The highest BCUT2D eigenvalue weighted by atomic mass is 32.1. The number of hydrogen-bond donors (Lipinski definition) is 3. The second kappa shape index (κ2) is 11.2. The predicted molar refractivity (Wildman–Crippen MR) is 140 cm³/mol. The highest BCUT2D eigenvalue weighted by Crippen LogP contribution is 2.32. The lowest BCUT2D eigenvalue weighted by Crippen LogP contribution is -2.47. The predicted octanol–water partition coefficient (Wildman–Crippen LogP) is 5.37. The van der Waals surface area contributed by atoms with Gasteiger partial charge >= 0.3 is 12.0 Å². The van der Waals surface area contributed by atoms with Crippen LogP contribution in [0, 0.1) is 0 Å². The molecule has 3 rings (SSSR count). The topological polar surface area (TPSA) is 82.7 Å². The van der Waals surface area contributed by atoms with E-state index in [0.29, 0.717) is 22.9 Å². The molecule has 2 aromatic rings. The minimum absolute atomic E-state index is 0.236. The normalized spacial score (nSPS) is 15.8. The highest BCUT2D eigenvalue weighted by molar-refractivity contribution is 7.80. The van der Waals surface area contributed by atoms with E-state index >= 15 is 0 Å². The number of benzene rings is 2. The molecule has 0 saturated carbocycles. The summed E-state index contributed by atoms with van der Waals surface area (Å²) in [5.41, 5.74) is 4.63. The first-order valence-electron chi connectivity index (χ1n) is 11.5. The SMILES string of the molecule is CCc1ccccc1NC(=O)Nc1ccc(C2NC(=S)N(CC)C(C)=C2C(=O)OC(C)C)cc1. The molecule has 1 aliphatic rings. The number of amides is 2. The first-order valence-corrected chi connectivity index (χ1v) is 11.9. The molecule has 8 heteroatoms. The van der Waals surface area contributed by atoms with Crippen molar-refractivity contribution in [3.8, 4) is 0 Å². The van der Waals surface area contributed by atoms with Gasteiger partial charge in [-0.25, -0.2) is 9.59 Å². The van der Waals surface area contributed by atoms with Crippen LogP contribution in [0.1, 0.15) is 51.8 Å². The Balaban J connectivity index is 1.80. The Morgan fingerprint density at radius 2 is 1.76 bits per heavy atom. The maximum Gasteiger partial charge on any atom is 0.338 e. The fraction of sp³-hybridized carbons (Fsp3) is 0.346. The number of urea groups is 1. The van der Waals surface area contributed by atoms with Gasteiger partial charge in [-0.05, 0) is 75.7 Å². The lowest BCUT2D eigenvalue weighted by Gasteiger charge is -2.37. The van der Waals surface area contributed by atoms with E-state index < -0.39 is 6.04 Å². The van der Waals surface area contributed by atoms with Gasteiger partial charge in [-0.1, -0.05) is 37.3 Å². The minimum Gasteiger partial charge on any atom is -0.459 e. The molecule has 1 aliphatic heterocycles. The third-order valence-electron chi connectivity index (χ3n) is 5.62. The Kier molecular flexibility index (Phi) is 8.28. The number of esters is 1. The van der Waals surface area contributed by atoms with Crippen molar-refractivity contribution in [1.29, 1.82) is 0 Å². The van der Waals surface area contributed by atoms with Crippen LogP contribution in [0.2, 0.25) is 0 Å². The largest absolute Gasteiger partial charge is 0.459 e. The van der Waals surface area contributed by atoms with Crippen molar-refractivity contribution in [3.05, 3.63) is 70.9 Å². The Hall–Kier alpha value is -3.39. The number of carbonyl (C=O) groups is 2. The number of anilines is 2. The molecular weight excluding hydrogens is 448 g/mol. The lowest BCUT2D eigenvalue weighted by molar-refractivity contribution is -0.143. The first-order chi connectivity index (χ1) is 16.2. The van der Waals surface area contributed by atoms with Gasteiger partial charge in [0.25, 0.3) is 0 Å². The molecule has 1 unspecified atom stereocenters. The van der Waals surface area contributed by atoms with Crippen LogP contribution >= 0.6 is 12.2 Å². The van der Waals surface area contributed by atoms with Gasteiger partial charge < -0.3 is 25.6 Å². The monoisotopic (exact) mass is 480 g/mol. The fourth-order valence-electron chi connectivity index (χ4n) is 3.95. The summed E-state index contributed by atoms with van der Waals surface area (Å²) in [6.07, 6.45) is 0.589. The van der Waals surface area contributed by atoms with E-state index in [1.807, 2.05) is 75.9 Å².